The third kappa shape index (κ3) is 5.54. The van der Waals surface area contributed by atoms with Crippen LogP contribution in [-0.2, 0) is 4.74 Å². The summed E-state index contributed by atoms with van der Waals surface area (Å²) >= 11 is 0. The van der Waals surface area contributed by atoms with Crippen LogP contribution in [0.4, 0.5) is 0 Å². The standard InChI is InChI=1S/C18H36N2O/c1-15(2)12-17-13-19-18(16-8-5-4-6-9-16)14-20(17)10-7-11-21-3/h15-19H,4-14H2,1-3H3. The molecule has 2 aliphatic rings. The fraction of sp³-hybridized carbons (Fsp3) is 1.00. The molecule has 1 saturated heterocycles. The Kier molecular flexibility index (Phi) is 7.48. The molecule has 1 aliphatic carbocycles. The number of hydrogen-bond donors (Lipinski definition) is 1. The Morgan fingerprint density at radius 1 is 1.19 bits per heavy atom. The minimum atomic E-state index is 0.724. The number of nitrogens with one attached hydrogen (secondary N) is 1. The third-order valence-corrected chi connectivity index (χ3v) is 5.32. The van der Waals surface area contributed by atoms with E-state index in [-0.39, 0.29) is 0 Å². The van der Waals surface area contributed by atoms with E-state index in [1.165, 1.54) is 64.6 Å². The van der Waals surface area contributed by atoms with E-state index in [4.69, 9.17) is 4.74 Å². The van der Waals surface area contributed by atoms with Crippen molar-refractivity contribution in [2.24, 2.45) is 11.8 Å². The first-order chi connectivity index (χ1) is 10.2. The van der Waals surface area contributed by atoms with Gasteiger partial charge in [0.15, 0.2) is 0 Å². The molecule has 0 aromatic rings. The average Bonchev–Trinajstić information content (AvgIpc) is 2.49. The summed E-state index contributed by atoms with van der Waals surface area (Å²) in [4.78, 5) is 2.76. The maximum absolute atomic E-state index is 5.25. The minimum absolute atomic E-state index is 0.724. The molecule has 1 heterocycles. The first-order valence-electron chi connectivity index (χ1n) is 9.17. The van der Waals surface area contributed by atoms with Crippen LogP contribution >= 0.6 is 0 Å². The highest BCUT2D eigenvalue weighted by Gasteiger charge is 2.32. The average molecular weight is 296 g/mol. The van der Waals surface area contributed by atoms with Crippen LogP contribution in [0.25, 0.3) is 0 Å². The minimum Gasteiger partial charge on any atom is -0.385 e. The molecule has 3 nitrogen and oxygen atoms in total. The van der Waals surface area contributed by atoms with Crippen molar-refractivity contribution in [3.63, 3.8) is 0 Å². The number of ether oxygens (including phenoxy) is 1. The van der Waals surface area contributed by atoms with E-state index >= 15 is 0 Å². The van der Waals surface area contributed by atoms with Gasteiger partial charge in [-0.15, -0.1) is 0 Å². The Hall–Kier alpha value is -0.120. The van der Waals surface area contributed by atoms with Gasteiger partial charge in [0.05, 0.1) is 0 Å². The molecular formula is C18H36N2O. The van der Waals surface area contributed by atoms with E-state index in [1.807, 2.05) is 7.11 Å². The molecule has 0 amide bonds. The van der Waals surface area contributed by atoms with Crippen LogP contribution < -0.4 is 5.32 Å². The molecule has 1 aliphatic heterocycles. The van der Waals surface area contributed by atoms with Crippen molar-refractivity contribution in [2.75, 3.05) is 33.4 Å². The van der Waals surface area contributed by atoms with Crippen LogP contribution in [-0.4, -0.2) is 50.3 Å². The first kappa shape index (κ1) is 17.2. The molecule has 0 aromatic carbocycles. The summed E-state index contributed by atoms with van der Waals surface area (Å²) in [7, 11) is 1.81. The Bertz CT molecular complexity index is 276. The maximum Gasteiger partial charge on any atom is 0.0474 e. The van der Waals surface area contributed by atoms with Crippen molar-refractivity contribution in [3.05, 3.63) is 0 Å². The summed E-state index contributed by atoms with van der Waals surface area (Å²) < 4.78 is 5.25. The quantitative estimate of drug-likeness (QED) is 0.730. The van der Waals surface area contributed by atoms with Gasteiger partial charge in [-0.2, -0.15) is 0 Å². The topological polar surface area (TPSA) is 24.5 Å². The molecule has 1 N–H and O–H groups in total. The molecule has 0 radical (unpaired) electrons. The molecule has 21 heavy (non-hydrogen) atoms. The fourth-order valence-corrected chi connectivity index (χ4v) is 4.20. The van der Waals surface area contributed by atoms with Gasteiger partial charge in [-0.05, 0) is 37.5 Å². The van der Waals surface area contributed by atoms with Crippen molar-refractivity contribution >= 4 is 0 Å². The van der Waals surface area contributed by atoms with Crippen molar-refractivity contribution < 1.29 is 4.74 Å². The second-order valence-electron chi connectivity index (χ2n) is 7.54. The Balaban J connectivity index is 1.87. The van der Waals surface area contributed by atoms with E-state index in [9.17, 15) is 0 Å². The number of hydrogen-bond acceptors (Lipinski definition) is 3. The maximum atomic E-state index is 5.25. The second-order valence-corrected chi connectivity index (χ2v) is 7.54. The highest BCUT2D eigenvalue weighted by Crippen LogP contribution is 2.29. The number of methoxy groups -OCH3 is 1. The van der Waals surface area contributed by atoms with Crippen LogP contribution in [0.5, 0.6) is 0 Å². The Labute approximate surface area is 131 Å². The fourth-order valence-electron chi connectivity index (χ4n) is 4.20. The van der Waals surface area contributed by atoms with Crippen molar-refractivity contribution in [1.29, 1.82) is 0 Å². The third-order valence-electron chi connectivity index (χ3n) is 5.32. The molecule has 0 bridgehead atoms. The van der Waals surface area contributed by atoms with Gasteiger partial charge in [-0.25, -0.2) is 0 Å². The van der Waals surface area contributed by atoms with Crippen molar-refractivity contribution in [2.45, 2.75) is 70.9 Å². The number of rotatable bonds is 7. The predicted octanol–water partition coefficient (Wildman–Crippen LogP) is 3.29. The van der Waals surface area contributed by atoms with Gasteiger partial charge < -0.3 is 10.1 Å². The largest absolute Gasteiger partial charge is 0.385 e. The van der Waals surface area contributed by atoms with Crippen LogP contribution in [0.15, 0.2) is 0 Å². The lowest BCUT2D eigenvalue weighted by Crippen LogP contribution is -2.59. The first-order valence-corrected chi connectivity index (χ1v) is 9.17. The summed E-state index contributed by atoms with van der Waals surface area (Å²) in [6.07, 6.45) is 9.72. The van der Waals surface area contributed by atoms with Crippen LogP contribution in [0.2, 0.25) is 0 Å². The zero-order chi connectivity index (χ0) is 15.1. The van der Waals surface area contributed by atoms with Gasteiger partial charge in [0.1, 0.15) is 0 Å². The van der Waals surface area contributed by atoms with E-state index in [0.29, 0.717) is 0 Å². The van der Waals surface area contributed by atoms with E-state index < -0.39 is 0 Å². The number of piperazine rings is 1. The lowest BCUT2D eigenvalue weighted by Gasteiger charge is -2.44. The van der Waals surface area contributed by atoms with E-state index in [2.05, 4.69) is 24.1 Å². The number of nitrogens with zero attached hydrogens (tertiary/aromatic N) is 1. The molecule has 0 spiro atoms. The van der Waals surface area contributed by atoms with E-state index in [1.54, 1.807) is 0 Å². The van der Waals surface area contributed by atoms with Crippen LogP contribution in [0, 0.1) is 11.8 Å². The molecule has 2 atom stereocenters. The Morgan fingerprint density at radius 2 is 1.95 bits per heavy atom. The summed E-state index contributed by atoms with van der Waals surface area (Å²) in [5, 5.41) is 3.89. The van der Waals surface area contributed by atoms with Crippen LogP contribution in [0.1, 0.15) is 58.8 Å². The highest BCUT2D eigenvalue weighted by molar-refractivity contribution is 4.90. The lowest BCUT2D eigenvalue weighted by atomic mass is 9.82. The predicted molar refractivity (Wildman–Crippen MR) is 89.7 cm³/mol. The molecule has 0 aromatic heterocycles. The van der Waals surface area contributed by atoms with Crippen molar-refractivity contribution in [1.82, 2.24) is 10.2 Å². The lowest BCUT2D eigenvalue weighted by molar-refractivity contribution is 0.0746. The summed E-state index contributed by atoms with van der Waals surface area (Å²) in [5.41, 5.74) is 0. The van der Waals surface area contributed by atoms with Gasteiger partial charge in [-0.3, -0.25) is 4.90 Å². The SMILES string of the molecule is COCCCN1CC(C2CCCCC2)NCC1CC(C)C. The molecule has 2 rings (SSSR count). The monoisotopic (exact) mass is 296 g/mol. The zero-order valence-electron chi connectivity index (χ0n) is 14.4. The normalized spacial score (nSPS) is 29.1. The van der Waals surface area contributed by atoms with Crippen LogP contribution in [0.3, 0.4) is 0 Å². The summed E-state index contributed by atoms with van der Waals surface area (Å²) in [5.74, 6) is 1.71. The highest BCUT2D eigenvalue weighted by atomic mass is 16.5. The molecule has 1 saturated carbocycles. The smallest absolute Gasteiger partial charge is 0.0474 e. The molecule has 124 valence electrons. The van der Waals surface area contributed by atoms with E-state index in [0.717, 1.165) is 30.5 Å². The zero-order valence-corrected chi connectivity index (χ0v) is 14.4. The molecule has 2 unspecified atom stereocenters. The molecule has 3 heteroatoms. The van der Waals surface area contributed by atoms with Crippen molar-refractivity contribution in [3.8, 4) is 0 Å². The summed E-state index contributed by atoms with van der Waals surface area (Å²) in [6, 6.07) is 1.46. The summed E-state index contributed by atoms with van der Waals surface area (Å²) in [6.45, 7) is 9.24. The van der Waals surface area contributed by atoms with Gasteiger partial charge in [-0.1, -0.05) is 33.1 Å². The second kappa shape index (κ2) is 9.12. The molecular weight excluding hydrogens is 260 g/mol. The van der Waals surface area contributed by atoms with Gasteiger partial charge >= 0.3 is 0 Å². The Morgan fingerprint density at radius 3 is 2.62 bits per heavy atom. The van der Waals surface area contributed by atoms with Gasteiger partial charge in [0, 0.05) is 45.4 Å². The van der Waals surface area contributed by atoms with Gasteiger partial charge in [0.2, 0.25) is 0 Å². The molecule has 2 fully saturated rings. The van der Waals surface area contributed by atoms with Gasteiger partial charge in [0.25, 0.3) is 0 Å².